The molecular formula is C16H17ClF3N3O3P+. The van der Waals surface area contributed by atoms with Gasteiger partial charge in [0.25, 0.3) is 0 Å². The molecule has 146 valence electrons. The Morgan fingerprint density at radius 2 is 2.11 bits per heavy atom. The van der Waals surface area contributed by atoms with Gasteiger partial charge in [-0.25, -0.2) is 9.97 Å². The lowest BCUT2D eigenvalue weighted by Gasteiger charge is -2.13. The molecule has 2 atom stereocenters. The van der Waals surface area contributed by atoms with E-state index in [1.807, 2.05) is 0 Å². The van der Waals surface area contributed by atoms with Crippen molar-refractivity contribution < 1.29 is 27.4 Å². The van der Waals surface area contributed by atoms with Gasteiger partial charge in [0.15, 0.2) is 5.66 Å². The first-order chi connectivity index (χ1) is 12.6. The van der Waals surface area contributed by atoms with Crippen molar-refractivity contribution in [3.8, 4) is 5.75 Å². The molecular weight excluding hydrogens is 406 g/mol. The number of benzene rings is 1. The zero-order valence-electron chi connectivity index (χ0n) is 14.4. The molecule has 0 saturated carbocycles. The van der Waals surface area contributed by atoms with E-state index in [0.29, 0.717) is 30.5 Å². The van der Waals surface area contributed by atoms with Crippen LogP contribution in [-0.4, -0.2) is 27.6 Å². The minimum atomic E-state index is -4.63. The van der Waals surface area contributed by atoms with Crippen LogP contribution >= 0.6 is 19.6 Å². The monoisotopic (exact) mass is 422 g/mol. The fourth-order valence-corrected chi connectivity index (χ4v) is 2.80. The van der Waals surface area contributed by atoms with Crippen LogP contribution in [-0.2, 0) is 17.2 Å². The summed E-state index contributed by atoms with van der Waals surface area (Å²) in [6.45, 7) is 1.69. The molecule has 0 fully saturated rings. The predicted octanol–water partition coefficient (Wildman–Crippen LogP) is 4.96. The number of anilines is 2. The fraction of sp³-hybridized carbons (Fsp3) is 0.375. The minimum absolute atomic E-state index is 0.107. The third-order valence-electron chi connectivity index (χ3n) is 3.79. The molecule has 2 rings (SSSR count). The Labute approximate surface area is 159 Å². The SMILES string of the molecule is COc1cc(CCC(C)[P+](=O)O)ccc1Nc1ncc(C(F)(F)F)c(Cl)n1. The molecule has 0 amide bonds. The number of ether oxygens (including phenoxy) is 1. The second-order valence-corrected chi connectivity index (χ2v) is 7.59. The van der Waals surface area contributed by atoms with Crippen LogP contribution in [0.25, 0.3) is 0 Å². The van der Waals surface area contributed by atoms with Gasteiger partial charge in [-0.2, -0.15) is 18.1 Å². The molecule has 27 heavy (non-hydrogen) atoms. The Morgan fingerprint density at radius 1 is 1.41 bits per heavy atom. The Morgan fingerprint density at radius 3 is 2.67 bits per heavy atom. The van der Waals surface area contributed by atoms with Crippen molar-refractivity contribution >= 4 is 31.3 Å². The van der Waals surface area contributed by atoms with Crippen molar-refractivity contribution in [2.45, 2.75) is 31.6 Å². The molecule has 0 bridgehead atoms. The number of rotatable bonds is 7. The van der Waals surface area contributed by atoms with E-state index in [9.17, 15) is 17.7 Å². The standard InChI is InChI=1S/C16H16ClF3N3O3P/c1-9(27(24)25)3-4-10-5-6-12(13(7-10)26-2)22-15-21-8-11(14(17)23-15)16(18,19)20/h5-9H,3-4H2,1-2H3,(H-,21,22,23,24,25)/p+1. The number of aryl methyl sites for hydroxylation is 1. The van der Waals surface area contributed by atoms with Crippen molar-refractivity contribution in [2.24, 2.45) is 0 Å². The minimum Gasteiger partial charge on any atom is -0.495 e. The quantitative estimate of drug-likeness (QED) is 0.485. The summed E-state index contributed by atoms with van der Waals surface area (Å²) >= 11 is 5.59. The number of nitrogens with zero attached hydrogens (tertiary/aromatic N) is 2. The smallest absolute Gasteiger partial charge is 0.495 e. The molecule has 6 nitrogen and oxygen atoms in total. The number of aromatic nitrogens is 2. The largest absolute Gasteiger partial charge is 0.508 e. The van der Waals surface area contributed by atoms with Gasteiger partial charge in [-0.05, 0) is 35.6 Å². The molecule has 2 unspecified atom stereocenters. The summed E-state index contributed by atoms with van der Waals surface area (Å²) < 4.78 is 54.4. The number of halogens is 4. The number of methoxy groups -OCH3 is 1. The van der Waals surface area contributed by atoms with Crippen LogP contribution in [0.4, 0.5) is 24.8 Å². The zero-order valence-corrected chi connectivity index (χ0v) is 16.1. The van der Waals surface area contributed by atoms with Crippen molar-refractivity contribution in [1.29, 1.82) is 0 Å². The molecule has 0 radical (unpaired) electrons. The highest BCUT2D eigenvalue weighted by Crippen LogP contribution is 2.35. The van der Waals surface area contributed by atoms with Crippen molar-refractivity contribution in [1.82, 2.24) is 9.97 Å². The molecule has 2 N–H and O–H groups in total. The third kappa shape index (κ3) is 5.76. The topological polar surface area (TPSA) is 84.3 Å². The number of nitrogens with one attached hydrogen (secondary N) is 1. The van der Waals surface area contributed by atoms with Crippen LogP contribution in [0.3, 0.4) is 0 Å². The van der Waals surface area contributed by atoms with Gasteiger partial charge in [0, 0.05) is 12.6 Å². The molecule has 2 aromatic rings. The molecule has 0 aliphatic heterocycles. The molecule has 0 spiro atoms. The number of hydrogen-bond acceptors (Lipinski definition) is 5. The first kappa shape index (κ1) is 21.3. The van der Waals surface area contributed by atoms with Crippen LogP contribution in [0.5, 0.6) is 5.75 Å². The second kappa shape index (κ2) is 8.82. The van der Waals surface area contributed by atoms with Crippen LogP contribution in [0.15, 0.2) is 24.4 Å². The van der Waals surface area contributed by atoms with E-state index in [-0.39, 0.29) is 11.6 Å². The zero-order chi connectivity index (χ0) is 20.2. The summed E-state index contributed by atoms with van der Waals surface area (Å²) in [6.07, 6.45) is -2.93. The number of alkyl halides is 3. The van der Waals surface area contributed by atoms with Crippen LogP contribution < -0.4 is 10.1 Å². The average Bonchev–Trinajstić information content (AvgIpc) is 2.59. The maximum atomic E-state index is 12.7. The third-order valence-corrected chi connectivity index (χ3v) is 5.09. The molecule has 1 aromatic carbocycles. The summed E-state index contributed by atoms with van der Waals surface area (Å²) in [7, 11) is -0.783. The van der Waals surface area contributed by atoms with Crippen LogP contribution in [0, 0.1) is 0 Å². The Balaban J connectivity index is 2.17. The lowest BCUT2D eigenvalue weighted by molar-refractivity contribution is -0.137. The average molecular weight is 423 g/mol. The highest BCUT2D eigenvalue weighted by atomic mass is 35.5. The van der Waals surface area contributed by atoms with Crippen molar-refractivity contribution in [3.05, 3.63) is 40.7 Å². The second-order valence-electron chi connectivity index (χ2n) is 5.75. The van der Waals surface area contributed by atoms with Crippen LogP contribution in [0.2, 0.25) is 5.15 Å². The normalized spacial score (nSPS) is 13.2. The van der Waals surface area contributed by atoms with Gasteiger partial charge >= 0.3 is 14.2 Å². The first-order valence-electron chi connectivity index (χ1n) is 7.80. The summed E-state index contributed by atoms with van der Waals surface area (Å²) in [4.78, 5) is 16.3. The number of hydrogen-bond donors (Lipinski definition) is 2. The predicted molar refractivity (Wildman–Crippen MR) is 95.9 cm³/mol. The maximum absolute atomic E-state index is 12.7. The summed E-state index contributed by atoms with van der Waals surface area (Å²) in [5.74, 6) is 0.318. The van der Waals surface area contributed by atoms with E-state index >= 15 is 0 Å². The van der Waals surface area contributed by atoms with Gasteiger partial charge in [-0.3, -0.25) is 0 Å². The molecule has 1 heterocycles. The Kier molecular flexibility index (Phi) is 6.97. The van der Waals surface area contributed by atoms with Crippen molar-refractivity contribution in [2.75, 3.05) is 12.4 Å². The van der Waals surface area contributed by atoms with Gasteiger partial charge in [0.2, 0.25) is 5.95 Å². The van der Waals surface area contributed by atoms with E-state index < -0.39 is 24.9 Å². The van der Waals surface area contributed by atoms with E-state index in [2.05, 4.69) is 15.3 Å². The molecule has 0 aliphatic rings. The summed E-state index contributed by atoms with van der Waals surface area (Å²) in [5.41, 5.74) is -0.120. The Bertz CT molecular complexity index is 836. The van der Waals surface area contributed by atoms with E-state index in [1.54, 1.807) is 25.1 Å². The van der Waals surface area contributed by atoms with E-state index in [1.165, 1.54) is 7.11 Å². The van der Waals surface area contributed by atoms with E-state index in [4.69, 9.17) is 21.2 Å². The van der Waals surface area contributed by atoms with Gasteiger partial charge in [0.05, 0.1) is 12.8 Å². The molecule has 11 heteroatoms. The van der Waals surface area contributed by atoms with Gasteiger partial charge in [-0.15, -0.1) is 0 Å². The van der Waals surface area contributed by atoms with Gasteiger partial charge in [0.1, 0.15) is 16.5 Å². The summed E-state index contributed by atoms with van der Waals surface area (Å²) in [6, 6.07) is 5.16. The highest BCUT2D eigenvalue weighted by molar-refractivity contribution is 7.38. The molecule has 0 saturated heterocycles. The van der Waals surface area contributed by atoms with Crippen LogP contribution in [0.1, 0.15) is 24.5 Å². The van der Waals surface area contributed by atoms with Gasteiger partial charge in [-0.1, -0.05) is 17.7 Å². The van der Waals surface area contributed by atoms with Gasteiger partial charge < -0.3 is 10.1 Å². The first-order valence-corrected chi connectivity index (χ1v) is 9.46. The van der Waals surface area contributed by atoms with E-state index in [0.717, 1.165) is 5.56 Å². The molecule has 1 aromatic heterocycles. The fourth-order valence-electron chi connectivity index (χ4n) is 2.21. The molecule has 0 aliphatic carbocycles. The van der Waals surface area contributed by atoms with Crippen molar-refractivity contribution in [3.63, 3.8) is 0 Å². The Hall–Kier alpha value is -1.96. The lowest BCUT2D eigenvalue weighted by Crippen LogP contribution is -2.09. The summed E-state index contributed by atoms with van der Waals surface area (Å²) in [5, 5.41) is 2.06. The highest BCUT2D eigenvalue weighted by Gasteiger charge is 2.34. The lowest BCUT2D eigenvalue weighted by atomic mass is 10.1. The maximum Gasteiger partial charge on any atom is 0.508 e.